The van der Waals surface area contributed by atoms with Gasteiger partial charge in [0.15, 0.2) is 0 Å². The summed E-state index contributed by atoms with van der Waals surface area (Å²) in [6.45, 7) is 0. The van der Waals surface area contributed by atoms with Crippen LogP contribution in [0.25, 0.3) is 10.9 Å². The Morgan fingerprint density at radius 2 is 1.73 bits per heavy atom. The van der Waals surface area contributed by atoms with Crippen molar-refractivity contribution in [1.29, 1.82) is 0 Å². The van der Waals surface area contributed by atoms with E-state index in [0.717, 1.165) is 18.2 Å². The molecule has 1 aromatic heterocycles. The molecule has 0 spiro atoms. The Balaban J connectivity index is 2.13. The van der Waals surface area contributed by atoms with E-state index >= 15 is 0 Å². The average molecular weight is 324 g/mol. The molecular formula is C15H9F3NO2S. The second kappa shape index (κ2) is 4.88. The van der Waals surface area contributed by atoms with E-state index in [4.69, 9.17) is 0 Å². The Labute approximate surface area is 124 Å². The molecule has 0 unspecified atom stereocenters. The van der Waals surface area contributed by atoms with Crippen LogP contribution in [-0.2, 0) is 16.0 Å². The van der Waals surface area contributed by atoms with Crippen LogP contribution in [-0.4, -0.2) is 13.4 Å². The van der Waals surface area contributed by atoms with Crippen LogP contribution in [0.4, 0.5) is 13.2 Å². The van der Waals surface area contributed by atoms with Gasteiger partial charge in [0.05, 0.1) is 15.4 Å². The topological polar surface area (TPSA) is 49.9 Å². The fourth-order valence-corrected chi connectivity index (χ4v) is 3.44. The summed E-state index contributed by atoms with van der Waals surface area (Å²) in [5.41, 5.74) is -0.448. The molecule has 1 N–H and O–H groups in total. The van der Waals surface area contributed by atoms with Gasteiger partial charge in [0.2, 0.25) is 9.84 Å². The summed E-state index contributed by atoms with van der Waals surface area (Å²) in [6.07, 6.45) is -3.06. The van der Waals surface area contributed by atoms with Crippen LogP contribution in [0.5, 0.6) is 0 Å². The van der Waals surface area contributed by atoms with E-state index in [1.165, 1.54) is 18.3 Å². The highest BCUT2D eigenvalue weighted by atomic mass is 32.2. The number of sulfone groups is 1. The summed E-state index contributed by atoms with van der Waals surface area (Å²) in [7, 11) is -4.02. The van der Waals surface area contributed by atoms with Crippen LogP contribution in [0, 0.1) is 6.07 Å². The minimum atomic E-state index is -4.59. The maximum atomic E-state index is 12.7. The number of H-pyrrole nitrogens is 1. The van der Waals surface area contributed by atoms with E-state index in [0.29, 0.717) is 17.0 Å². The molecule has 3 nitrogen and oxygen atoms in total. The number of benzene rings is 2. The summed E-state index contributed by atoms with van der Waals surface area (Å²) in [6, 6.07) is 10.8. The van der Waals surface area contributed by atoms with Crippen molar-refractivity contribution in [2.75, 3.05) is 0 Å². The van der Waals surface area contributed by atoms with Gasteiger partial charge in [-0.3, -0.25) is 0 Å². The molecule has 1 heterocycles. The van der Waals surface area contributed by atoms with Gasteiger partial charge in [0.1, 0.15) is 0 Å². The first-order chi connectivity index (χ1) is 10.3. The van der Waals surface area contributed by atoms with Crippen LogP contribution < -0.4 is 0 Å². The highest BCUT2D eigenvalue weighted by Gasteiger charge is 2.32. The molecule has 0 aliphatic heterocycles. The molecule has 3 rings (SSSR count). The molecule has 0 saturated carbocycles. The first kappa shape index (κ1) is 14.6. The highest BCUT2D eigenvalue weighted by molar-refractivity contribution is 7.91. The number of fused-ring (bicyclic) bond motifs is 1. The maximum absolute atomic E-state index is 12.7. The molecular weight excluding hydrogens is 315 g/mol. The van der Waals surface area contributed by atoms with Crippen molar-refractivity contribution in [2.24, 2.45) is 0 Å². The number of alkyl halides is 3. The predicted octanol–water partition coefficient (Wildman–Crippen LogP) is 3.82. The van der Waals surface area contributed by atoms with Crippen molar-refractivity contribution in [3.63, 3.8) is 0 Å². The Morgan fingerprint density at radius 1 is 1.00 bits per heavy atom. The van der Waals surface area contributed by atoms with Gasteiger partial charge in [0, 0.05) is 23.2 Å². The van der Waals surface area contributed by atoms with Crippen LogP contribution in [0.1, 0.15) is 5.56 Å². The van der Waals surface area contributed by atoms with Crippen molar-refractivity contribution in [1.82, 2.24) is 4.98 Å². The highest BCUT2D eigenvalue weighted by Crippen LogP contribution is 2.32. The summed E-state index contributed by atoms with van der Waals surface area (Å²) in [4.78, 5) is 2.35. The lowest BCUT2D eigenvalue weighted by Gasteiger charge is -2.09. The molecule has 0 atom stereocenters. The number of nitrogens with one attached hydrogen (secondary N) is 1. The third-order valence-electron chi connectivity index (χ3n) is 3.23. The second-order valence-corrected chi connectivity index (χ2v) is 6.62. The van der Waals surface area contributed by atoms with Crippen molar-refractivity contribution in [3.05, 3.63) is 60.3 Å². The Kier molecular flexibility index (Phi) is 3.25. The van der Waals surface area contributed by atoms with E-state index in [9.17, 15) is 21.6 Å². The molecule has 1 radical (unpaired) electrons. The van der Waals surface area contributed by atoms with Crippen LogP contribution in [0.2, 0.25) is 0 Å². The largest absolute Gasteiger partial charge is 0.416 e. The van der Waals surface area contributed by atoms with Gasteiger partial charge in [0.25, 0.3) is 0 Å². The monoisotopic (exact) mass is 324 g/mol. The number of aromatic nitrogens is 1. The van der Waals surface area contributed by atoms with Gasteiger partial charge >= 0.3 is 6.18 Å². The van der Waals surface area contributed by atoms with Crippen LogP contribution in [0.15, 0.2) is 58.5 Å². The molecule has 0 fully saturated rings. The smallest absolute Gasteiger partial charge is 0.361 e. The number of rotatable bonds is 2. The molecule has 0 aliphatic carbocycles. The quantitative estimate of drug-likeness (QED) is 0.779. The van der Waals surface area contributed by atoms with Gasteiger partial charge in [-0.25, -0.2) is 8.42 Å². The lowest BCUT2D eigenvalue weighted by atomic mass is 10.2. The first-order valence-electron chi connectivity index (χ1n) is 6.20. The Morgan fingerprint density at radius 3 is 2.45 bits per heavy atom. The number of hydrogen-bond donors (Lipinski definition) is 1. The molecule has 0 amide bonds. The van der Waals surface area contributed by atoms with E-state index in [2.05, 4.69) is 11.1 Å². The summed E-state index contributed by atoms with van der Waals surface area (Å²) in [5, 5.41) is 0.697. The van der Waals surface area contributed by atoms with Crippen molar-refractivity contribution in [2.45, 2.75) is 16.0 Å². The normalized spacial score (nSPS) is 12.7. The van der Waals surface area contributed by atoms with Crippen molar-refractivity contribution in [3.8, 4) is 0 Å². The standard InChI is InChI=1S/C15H9F3NO2S/c16-15(17,18)11-2-1-3-12(8-11)22(20,21)13-5-4-10-6-7-19-14(10)9-13/h1-5,7-9,19H. The van der Waals surface area contributed by atoms with Gasteiger partial charge in [-0.15, -0.1) is 0 Å². The minimum Gasteiger partial charge on any atom is -0.361 e. The summed E-state index contributed by atoms with van der Waals surface area (Å²) in [5.74, 6) is 0. The first-order valence-corrected chi connectivity index (χ1v) is 7.68. The molecule has 22 heavy (non-hydrogen) atoms. The fraction of sp³-hybridized carbons (Fsp3) is 0.0667. The minimum absolute atomic E-state index is 0.0739. The fourth-order valence-electron chi connectivity index (χ4n) is 2.10. The zero-order valence-corrected chi connectivity index (χ0v) is 11.8. The molecule has 0 bridgehead atoms. The number of hydrogen-bond acceptors (Lipinski definition) is 2. The Bertz CT molecular complexity index is 943. The number of aromatic amines is 1. The molecule has 7 heteroatoms. The predicted molar refractivity (Wildman–Crippen MR) is 74.0 cm³/mol. The van der Waals surface area contributed by atoms with Crippen molar-refractivity contribution < 1.29 is 21.6 Å². The van der Waals surface area contributed by atoms with E-state index in [1.807, 2.05) is 0 Å². The zero-order chi connectivity index (χ0) is 16.0. The van der Waals surface area contributed by atoms with Crippen LogP contribution in [0.3, 0.4) is 0 Å². The summed E-state index contributed by atoms with van der Waals surface area (Å²) < 4.78 is 63.1. The van der Waals surface area contributed by atoms with Gasteiger partial charge in [-0.05, 0) is 30.3 Å². The maximum Gasteiger partial charge on any atom is 0.416 e. The molecule has 0 saturated heterocycles. The van der Waals surface area contributed by atoms with E-state index in [-0.39, 0.29) is 4.90 Å². The molecule has 113 valence electrons. The summed E-state index contributed by atoms with van der Waals surface area (Å²) >= 11 is 0. The van der Waals surface area contributed by atoms with Gasteiger partial charge in [-0.2, -0.15) is 13.2 Å². The van der Waals surface area contributed by atoms with E-state index in [1.54, 1.807) is 6.07 Å². The lowest BCUT2D eigenvalue weighted by Crippen LogP contribution is -2.08. The molecule has 3 aromatic rings. The third-order valence-corrected chi connectivity index (χ3v) is 4.98. The second-order valence-electron chi connectivity index (χ2n) is 4.67. The zero-order valence-electron chi connectivity index (χ0n) is 11.0. The lowest BCUT2D eigenvalue weighted by molar-refractivity contribution is -0.137. The molecule has 0 aliphatic rings. The SMILES string of the molecule is O=S(=O)(c1cccc(C(F)(F)F)c1)c1ccc2[c]c[nH]c2c1. The van der Waals surface area contributed by atoms with Crippen molar-refractivity contribution >= 4 is 20.7 Å². The van der Waals surface area contributed by atoms with Gasteiger partial charge < -0.3 is 4.98 Å². The average Bonchev–Trinajstić information content (AvgIpc) is 2.94. The number of halogens is 3. The Hall–Kier alpha value is -2.28. The van der Waals surface area contributed by atoms with Crippen LogP contribution >= 0.6 is 0 Å². The third kappa shape index (κ3) is 2.48. The van der Waals surface area contributed by atoms with Gasteiger partial charge in [-0.1, -0.05) is 12.1 Å². The van der Waals surface area contributed by atoms with E-state index < -0.39 is 26.5 Å². The molecule has 2 aromatic carbocycles.